The molecule has 0 amide bonds. The topological polar surface area (TPSA) is 91.2 Å². The first-order valence-corrected chi connectivity index (χ1v) is 8.13. The largest absolute Gasteiger partial charge is 0.442 e. The molecule has 0 spiro atoms. The maximum atomic E-state index is 13.1. The average Bonchev–Trinajstić information content (AvgIpc) is 2.86. The predicted octanol–water partition coefficient (Wildman–Crippen LogP) is 3.77. The van der Waals surface area contributed by atoms with E-state index in [2.05, 4.69) is 5.10 Å². The van der Waals surface area contributed by atoms with Crippen molar-refractivity contribution < 1.29 is 22.5 Å². The van der Waals surface area contributed by atoms with Crippen LogP contribution in [0.15, 0.2) is 26.2 Å². The van der Waals surface area contributed by atoms with Crippen molar-refractivity contribution in [1.29, 1.82) is 0 Å². The van der Waals surface area contributed by atoms with E-state index in [4.69, 9.17) is 4.42 Å². The third-order valence-corrected chi connectivity index (χ3v) is 3.99. The molecule has 1 heterocycles. The molecule has 0 radical (unpaired) electrons. The number of nitro benzene ring substituents is 1. The number of nitro groups is 1. The molecular formula is C14H14F3N3O4S. The van der Waals surface area contributed by atoms with Crippen LogP contribution in [-0.2, 0) is 11.6 Å². The number of alkyl halides is 3. The van der Waals surface area contributed by atoms with Gasteiger partial charge in [-0.3, -0.25) is 10.1 Å². The van der Waals surface area contributed by atoms with Crippen LogP contribution >= 0.6 is 11.8 Å². The molecule has 0 fully saturated rings. The van der Waals surface area contributed by atoms with Crippen LogP contribution in [0.4, 0.5) is 18.9 Å². The zero-order valence-electron chi connectivity index (χ0n) is 13.7. The molecule has 0 saturated carbocycles. The van der Waals surface area contributed by atoms with Crippen LogP contribution in [-0.4, -0.2) is 21.0 Å². The first-order valence-electron chi connectivity index (χ1n) is 6.91. The maximum Gasteiger partial charge on any atom is 0.442 e. The highest BCUT2D eigenvalue weighted by Crippen LogP contribution is 2.40. The second-order valence-electron chi connectivity index (χ2n) is 6.13. The van der Waals surface area contributed by atoms with Gasteiger partial charge in [0, 0.05) is 16.4 Å². The van der Waals surface area contributed by atoms with Crippen molar-refractivity contribution in [3.63, 3.8) is 0 Å². The van der Waals surface area contributed by atoms with Gasteiger partial charge in [0.25, 0.3) is 5.69 Å². The van der Waals surface area contributed by atoms with Crippen LogP contribution in [0.1, 0.15) is 32.2 Å². The molecule has 0 aliphatic carbocycles. The molecule has 0 aliphatic rings. The van der Waals surface area contributed by atoms with Gasteiger partial charge in [-0.25, -0.2) is 4.79 Å². The first-order chi connectivity index (χ1) is 11.4. The molecule has 0 bridgehead atoms. The van der Waals surface area contributed by atoms with E-state index in [9.17, 15) is 28.1 Å². The quantitative estimate of drug-likeness (QED) is 0.459. The lowest BCUT2D eigenvalue weighted by Gasteiger charge is -2.13. The summed E-state index contributed by atoms with van der Waals surface area (Å²) in [6, 6.07) is 1.32. The van der Waals surface area contributed by atoms with E-state index in [1.54, 1.807) is 20.8 Å². The van der Waals surface area contributed by atoms with Crippen molar-refractivity contribution in [2.45, 2.75) is 37.3 Å². The van der Waals surface area contributed by atoms with E-state index in [0.717, 1.165) is 17.8 Å². The highest BCUT2D eigenvalue weighted by molar-refractivity contribution is 7.98. The maximum absolute atomic E-state index is 13.1. The Labute approximate surface area is 144 Å². The zero-order chi connectivity index (χ0) is 19.2. The molecule has 1 aromatic heterocycles. The van der Waals surface area contributed by atoms with Gasteiger partial charge in [0.15, 0.2) is 5.69 Å². The third-order valence-electron chi connectivity index (χ3n) is 3.22. The van der Waals surface area contributed by atoms with Crippen LogP contribution in [0.2, 0.25) is 0 Å². The molecule has 11 heteroatoms. The fourth-order valence-electron chi connectivity index (χ4n) is 2.00. The summed E-state index contributed by atoms with van der Waals surface area (Å²) in [5.74, 6) is -1.00. The molecule has 1 aromatic carbocycles. The number of hydrogen-bond donors (Lipinski definition) is 0. The minimum Gasteiger partial charge on any atom is -0.391 e. The SMILES string of the molecule is CSc1cc(-n2nc(C(C)(C)C)oc2=O)c([N+](=O)[O-])cc1C(F)(F)F. The van der Waals surface area contributed by atoms with Crippen molar-refractivity contribution >= 4 is 17.4 Å². The van der Waals surface area contributed by atoms with E-state index >= 15 is 0 Å². The Morgan fingerprint density at radius 3 is 2.28 bits per heavy atom. The monoisotopic (exact) mass is 377 g/mol. The fourth-order valence-corrected chi connectivity index (χ4v) is 2.62. The van der Waals surface area contributed by atoms with E-state index in [1.807, 2.05) is 0 Å². The lowest BCUT2D eigenvalue weighted by molar-refractivity contribution is -0.384. The first kappa shape index (κ1) is 19.0. The van der Waals surface area contributed by atoms with E-state index in [1.165, 1.54) is 6.26 Å². The van der Waals surface area contributed by atoms with Gasteiger partial charge in [0.2, 0.25) is 5.89 Å². The van der Waals surface area contributed by atoms with Crippen LogP contribution in [0, 0.1) is 10.1 Å². The van der Waals surface area contributed by atoms with E-state index in [0.29, 0.717) is 10.7 Å². The molecule has 0 saturated heterocycles. The van der Waals surface area contributed by atoms with Gasteiger partial charge in [0.05, 0.1) is 10.5 Å². The molecule has 25 heavy (non-hydrogen) atoms. The van der Waals surface area contributed by atoms with Crippen LogP contribution in [0.5, 0.6) is 0 Å². The number of halogens is 3. The smallest absolute Gasteiger partial charge is 0.391 e. The predicted molar refractivity (Wildman–Crippen MR) is 84.2 cm³/mol. The molecule has 0 aliphatic heterocycles. The van der Waals surface area contributed by atoms with Crippen LogP contribution in [0.3, 0.4) is 0 Å². The summed E-state index contributed by atoms with van der Waals surface area (Å²) in [7, 11) is 0. The molecule has 2 aromatic rings. The Bertz CT molecular complexity index is 881. The lowest BCUT2D eigenvalue weighted by Crippen LogP contribution is -2.17. The standard InChI is InChI=1S/C14H14F3N3O4S/c1-13(2,3)11-18-19(12(21)24-11)8-6-10(25-4)7(14(15,16)17)5-9(8)20(22)23/h5-6H,1-4H3. The number of nitrogens with zero attached hydrogens (tertiary/aromatic N) is 3. The lowest BCUT2D eigenvalue weighted by atomic mass is 9.97. The average molecular weight is 377 g/mol. The van der Waals surface area contributed by atoms with Gasteiger partial charge >= 0.3 is 11.9 Å². The molecule has 0 N–H and O–H groups in total. The third kappa shape index (κ3) is 3.70. The van der Waals surface area contributed by atoms with E-state index < -0.39 is 33.5 Å². The Hall–Kier alpha value is -2.30. The normalized spacial score (nSPS) is 12.4. The summed E-state index contributed by atoms with van der Waals surface area (Å²) in [6.45, 7) is 5.12. The van der Waals surface area contributed by atoms with Gasteiger partial charge in [-0.1, -0.05) is 20.8 Å². The van der Waals surface area contributed by atoms with Crippen molar-refractivity contribution in [3.05, 3.63) is 44.3 Å². The Balaban J connectivity index is 2.80. The number of rotatable bonds is 3. The summed E-state index contributed by atoms with van der Waals surface area (Å²) < 4.78 is 44.9. The Kier molecular flexibility index (Phi) is 4.73. The summed E-state index contributed by atoms with van der Waals surface area (Å²) in [6.07, 6.45) is -3.38. The van der Waals surface area contributed by atoms with Gasteiger partial charge in [-0.05, 0) is 12.3 Å². The summed E-state index contributed by atoms with van der Waals surface area (Å²) >= 11 is 0.753. The number of hydrogen-bond acceptors (Lipinski definition) is 6. The number of benzene rings is 1. The molecular weight excluding hydrogens is 363 g/mol. The highest BCUT2D eigenvalue weighted by atomic mass is 32.2. The second kappa shape index (κ2) is 6.21. The summed E-state index contributed by atoms with van der Waals surface area (Å²) in [5, 5.41) is 15.2. The molecule has 0 unspecified atom stereocenters. The fraction of sp³-hybridized carbons (Fsp3) is 0.429. The molecule has 2 rings (SSSR count). The van der Waals surface area contributed by atoms with Crippen molar-refractivity contribution in [3.8, 4) is 5.69 Å². The number of aromatic nitrogens is 2. The summed E-state index contributed by atoms with van der Waals surface area (Å²) in [4.78, 5) is 22.0. The minimum atomic E-state index is -4.77. The van der Waals surface area contributed by atoms with Crippen LogP contribution in [0.25, 0.3) is 5.69 Å². The second-order valence-corrected chi connectivity index (χ2v) is 6.98. The zero-order valence-corrected chi connectivity index (χ0v) is 14.5. The van der Waals surface area contributed by atoms with Crippen LogP contribution < -0.4 is 5.76 Å². The van der Waals surface area contributed by atoms with Crippen molar-refractivity contribution in [2.75, 3.05) is 6.26 Å². The van der Waals surface area contributed by atoms with Crippen molar-refractivity contribution in [2.24, 2.45) is 0 Å². The van der Waals surface area contributed by atoms with Gasteiger partial charge in [-0.15, -0.1) is 16.9 Å². The van der Waals surface area contributed by atoms with Crippen molar-refractivity contribution in [1.82, 2.24) is 9.78 Å². The Morgan fingerprint density at radius 1 is 1.28 bits per heavy atom. The van der Waals surface area contributed by atoms with Gasteiger partial charge in [-0.2, -0.15) is 17.9 Å². The Morgan fingerprint density at radius 2 is 1.88 bits per heavy atom. The summed E-state index contributed by atoms with van der Waals surface area (Å²) in [5.41, 5.74) is -3.08. The highest BCUT2D eigenvalue weighted by Gasteiger charge is 2.37. The molecule has 0 atom stereocenters. The van der Waals surface area contributed by atoms with Gasteiger partial charge in [0.1, 0.15) is 0 Å². The van der Waals surface area contributed by atoms with E-state index in [-0.39, 0.29) is 16.5 Å². The molecule has 7 nitrogen and oxygen atoms in total. The molecule has 136 valence electrons. The minimum absolute atomic E-state index is 0.0115. The van der Waals surface area contributed by atoms with Gasteiger partial charge < -0.3 is 4.42 Å². The number of thioether (sulfide) groups is 1.